The van der Waals surface area contributed by atoms with Gasteiger partial charge in [0.1, 0.15) is 5.82 Å². The highest BCUT2D eigenvalue weighted by atomic mass is 16.5. The van der Waals surface area contributed by atoms with E-state index >= 15 is 0 Å². The Morgan fingerprint density at radius 3 is 2.88 bits per heavy atom. The number of benzene rings is 1. The summed E-state index contributed by atoms with van der Waals surface area (Å²) in [6, 6.07) is 8.04. The minimum absolute atomic E-state index is 0.0710. The monoisotopic (exact) mass is 342 g/mol. The third kappa shape index (κ3) is 3.41. The van der Waals surface area contributed by atoms with Gasteiger partial charge in [0, 0.05) is 32.1 Å². The second-order valence-corrected chi connectivity index (χ2v) is 7.09. The maximum Gasteiger partial charge on any atom is 0.239 e. The number of aromatic nitrogens is 2. The summed E-state index contributed by atoms with van der Waals surface area (Å²) in [6.07, 6.45) is 2.11. The van der Waals surface area contributed by atoms with Crippen molar-refractivity contribution < 1.29 is 9.53 Å². The number of rotatable bonds is 3. The van der Waals surface area contributed by atoms with E-state index in [-0.39, 0.29) is 11.9 Å². The Balaban J connectivity index is 1.45. The van der Waals surface area contributed by atoms with Gasteiger partial charge in [0.25, 0.3) is 0 Å². The second kappa shape index (κ2) is 7.14. The summed E-state index contributed by atoms with van der Waals surface area (Å²) in [4.78, 5) is 25.4. The number of carbonyl (C=O) groups is 1. The minimum atomic E-state index is -0.0710. The first-order chi connectivity index (χ1) is 12.2. The van der Waals surface area contributed by atoms with Gasteiger partial charge in [-0.25, -0.2) is 4.98 Å². The molecule has 2 saturated heterocycles. The van der Waals surface area contributed by atoms with Crippen molar-refractivity contribution >= 4 is 16.9 Å². The lowest BCUT2D eigenvalue weighted by molar-refractivity contribution is -0.139. The molecule has 2 aromatic rings. The number of morpholine rings is 1. The summed E-state index contributed by atoms with van der Waals surface area (Å²) in [7, 11) is 0. The Morgan fingerprint density at radius 1 is 1.28 bits per heavy atom. The quantitative estimate of drug-likeness (QED) is 0.927. The number of nitrogens with zero attached hydrogens (tertiary/aromatic N) is 3. The highest BCUT2D eigenvalue weighted by Crippen LogP contribution is 2.27. The van der Waals surface area contributed by atoms with Crippen molar-refractivity contribution in [1.29, 1.82) is 0 Å². The van der Waals surface area contributed by atoms with Crippen LogP contribution < -0.4 is 0 Å². The molecule has 1 aromatic carbocycles. The molecule has 2 fully saturated rings. The van der Waals surface area contributed by atoms with Crippen molar-refractivity contribution in [2.75, 3.05) is 39.4 Å². The van der Waals surface area contributed by atoms with Crippen LogP contribution in [0.2, 0.25) is 0 Å². The number of fused-ring (bicyclic) bond motifs is 1. The van der Waals surface area contributed by atoms with Crippen LogP contribution in [0, 0.1) is 0 Å². The SMILES string of the molecule is C[C@@H](C(=O)N1CCC[C@H](c2nc3ccccc3[nH]2)C1)N1CCOCC1. The van der Waals surface area contributed by atoms with E-state index in [0.717, 1.165) is 69.1 Å². The molecule has 1 N–H and O–H groups in total. The average molecular weight is 342 g/mol. The molecule has 2 aliphatic rings. The summed E-state index contributed by atoms with van der Waals surface area (Å²) in [5.74, 6) is 1.54. The standard InChI is InChI=1S/C19H26N4O2/c1-14(22-9-11-25-12-10-22)19(24)23-8-4-5-15(13-23)18-20-16-6-2-3-7-17(16)21-18/h2-3,6-7,14-15H,4-5,8-13H2,1H3,(H,20,21)/t14-,15-/m0/s1. The number of H-pyrrole nitrogens is 1. The van der Waals surface area contributed by atoms with E-state index in [2.05, 4.69) is 16.0 Å². The van der Waals surface area contributed by atoms with E-state index in [1.165, 1.54) is 0 Å². The van der Waals surface area contributed by atoms with Gasteiger partial charge in [-0.15, -0.1) is 0 Å². The lowest BCUT2D eigenvalue weighted by Gasteiger charge is -2.37. The zero-order valence-corrected chi connectivity index (χ0v) is 14.8. The molecular weight excluding hydrogens is 316 g/mol. The lowest BCUT2D eigenvalue weighted by atomic mass is 9.96. The summed E-state index contributed by atoms with van der Waals surface area (Å²) in [6.45, 7) is 6.76. The predicted octanol–water partition coefficient (Wildman–Crippen LogP) is 1.99. The number of imidazole rings is 1. The molecule has 3 heterocycles. The largest absolute Gasteiger partial charge is 0.379 e. The van der Waals surface area contributed by atoms with Gasteiger partial charge >= 0.3 is 0 Å². The molecule has 1 aromatic heterocycles. The van der Waals surface area contributed by atoms with Crippen molar-refractivity contribution in [1.82, 2.24) is 19.8 Å². The van der Waals surface area contributed by atoms with Crippen LogP contribution in [0.25, 0.3) is 11.0 Å². The minimum Gasteiger partial charge on any atom is -0.379 e. The molecule has 0 bridgehead atoms. The highest BCUT2D eigenvalue weighted by molar-refractivity contribution is 5.81. The molecule has 25 heavy (non-hydrogen) atoms. The Kier molecular flexibility index (Phi) is 4.72. The van der Waals surface area contributed by atoms with E-state index in [9.17, 15) is 4.79 Å². The molecule has 6 nitrogen and oxygen atoms in total. The first kappa shape index (κ1) is 16.5. The van der Waals surface area contributed by atoms with Crippen molar-refractivity contribution in [3.8, 4) is 0 Å². The van der Waals surface area contributed by atoms with Crippen LogP contribution in [-0.4, -0.2) is 71.1 Å². The molecule has 0 unspecified atom stereocenters. The predicted molar refractivity (Wildman–Crippen MR) is 96.5 cm³/mol. The van der Waals surface area contributed by atoms with Crippen LogP contribution in [-0.2, 0) is 9.53 Å². The molecular formula is C19H26N4O2. The number of piperidine rings is 1. The molecule has 2 aliphatic heterocycles. The van der Waals surface area contributed by atoms with E-state index in [4.69, 9.17) is 9.72 Å². The molecule has 0 saturated carbocycles. The van der Waals surface area contributed by atoms with E-state index in [1.54, 1.807) is 0 Å². The van der Waals surface area contributed by atoms with Gasteiger partial charge in [0.15, 0.2) is 0 Å². The van der Waals surface area contributed by atoms with E-state index in [0.29, 0.717) is 5.92 Å². The smallest absolute Gasteiger partial charge is 0.239 e. The van der Waals surface area contributed by atoms with Gasteiger partial charge in [-0.2, -0.15) is 0 Å². The van der Waals surface area contributed by atoms with Crippen molar-refractivity contribution in [3.63, 3.8) is 0 Å². The van der Waals surface area contributed by atoms with Gasteiger partial charge in [0.05, 0.1) is 30.3 Å². The number of ether oxygens (including phenoxy) is 1. The fourth-order valence-corrected chi connectivity index (χ4v) is 3.95. The normalized spacial score (nSPS) is 23.7. The molecule has 1 amide bonds. The first-order valence-corrected chi connectivity index (χ1v) is 9.27. The lowest BCUT2D eigenvalue weighted by Crippen LogP contribution is -2.52. The van der Waals surface area contributed by atoms with Crippen molar-refractivity contribution in [2.24, 2.45) is 0 Å². The van der Waals surface area contributed by atoms with Crippen molar-refractivity contribution in [2.45, 2.75) is 31.7 Å². The van der Waals surface area contributed by atoms with Gasteiger partial charge in [-0.3, -0.25) is 9.69 Å². The molecule has 0 radical (unpaired) electrons. The zero-order valence-electron chi connectivity index (χ0n) is 14.8. The van der Waals surface area contributed by atoms with E-state index < -0.39 is 0 Å². The summed E-state index contributed by atoms with van der Waals surface area (Å²) in [5.41, 5.74) is 2.07. The van der Waals surface area contributed by atoms with Crippen LogP contribution in [0.4, 0.5) is 0 Å². The molecule has 6 heteroatoms. The summed E-state index contributed by atoms with van der Waals surface area (Å²) >= 11 is 0. The van der Waals surface area contributed by atoms with Gasteiger partial charge < -0.3 is 14.6 Å². The fraction of sp³-hybridized carbons (Fsp3) is 0.579. The number of para-hydroxylation sites is 2. The third-order valence-corrected chi connectivity index (χ3v) is 5.48. The number of hydrogen-bond donors (Lipinski definition) is 1. The van der Waals surface area contributed by atoms with Crippen LogP contribution in [0.1, 0.15) is 31.5 Å². The molecule has 2 atom stereocenters. The van der Waals surface area contributed by atoms with Crippen LogP contribution in [0.15, 0.2) is 24.3 Å². The molecule has 4 rings (SSSR count). The Morgan fingerprint density at radius 2 is 2.08 bits per heavy atom. The number of nitrogens with one attached hydrogen (secondary N) is 1. The van der Waals surface area contributed by atoms with Crippen LogP contribution in [0.5, 0.6) is 0 Å². The third-order valence-electron chi connectivity index (χ3n) is 5.48. The number of aromatic amines is 1. The van der Waals surface area contributed by atoms with Gasteiger partial charge in [-0.05, 0) is 31.9 Å². The van der Waals surface area contributed by atoms with Gasteiger partial charge in [0.2, 0.25) is 5.91 Å². The molecule has 0 aliphatic carbocycles. The fourth-order valence-electron chi connectivity index (χ4n) is 3.95. The van der Waals surface area contributed by atoms with Crippen molar-refractivity contribution in [3.05, 3.63) is 30.1 Å². The van der Waals surface area contributed by atoms with E-state index in [1.807, 2.05) is 30.0 Å². The zero-order chi connectivity index (χ0) is 17.2. The second-order valence-electron chi connectivity index (χ2n) is 7.09. The summed E-state index contributed by atoms with van der Waals surface area (Å²) < 4.78 is 5.40. The van der Waals surface area contributed by atoms with Crippen LogP contribution >= 0.6 is 0 Å². The first-order valence-electron chi connectivity index (χ1n) is 9.27. The highest BCUT2D eigenvalue weighted by Gasteiger charge is 2.31. The number of carbonyl (C=O) groups excluding carboxylic acids is 1. The number of amides is 1. The number of hydrogen-bond acceptors (Lipinski definition) is 4. The maximum atomic E-state index is 13.0. The topological polar surface area (TPSA) is 61.5 Å². The average Bonchev–Trinajstić information content (AvgIpc) is 3.12. The molecule has 134 valence electrons. The number of likely N-dealkylation sites (tertiary alicyclic amines) is 1. The Labute approximate surface area is 148 Å². The Bertz CT molecular complexity index is 705. The Hall–Kier alpha value is -1.92. The summed E-state index contributed by atoms with van der Waals surface area (Å²) in [5, 5.41) is 0. The molecule has 0 spiro atoms. The van der Waals surface area contributed by atoms with Gasteiger partial charge in [-0.1, -0.05) is 12.1 Å². The maximum absolute atomic E-state index is 13.0. The van der Waals surface area contributed by atoms with Crippen LogP contribution in [0.3, 0.4) is 0 Å².